The molecule has 10 atom stereocenters. The molecule has 4 fully saturated rings. The van der Waals surface area contributed by atoms with Gasteiger partial charge in [0.15, 0.2) is 0 Å². The van der Waals surface area contributed by atoms with Crippen LogP contribution in [0.25, 0.3) is 0 Å². The molecule has 9 heteroatoms. The summed E-state index contributed by atoms with van der Waals surface area (Å²) in [6.07, 6.45) is 36.7. The zero-order valence-corrected chi connectivity index (χ0v) is 38.6. The van der Waals surface area contributed by atoms with Crippen LogP contribution in [0, 0.1) is 46.3 Å². The van der Waals surface area contributed by atoms with Crippen molar-refractivity contribution in [1.82, 2.24) is 5.32 Å². The number of nitrogens with one attached hydrogen (secondary N) is 1. The lowest BCUT2D eigenvalue weighted by Crippen LogP contribution is -2.59. The highest BCUT2D eigenvalue weighted by Crippen LogP contribution is 2.68. The summed E-state index contributed by atoms with van der Waals surface area (Å²) in [5.41, 5.74) is 0.00828. The molecule has 0 heterocycles. The van der Waals surface area contributed by atoms with E-state index in [-0.39, 0.29) is 47.4 Å². The van der Waals surface area contributed by atoms with E-state index in [1.165, 1.54) is 128 Å². The smallest absolute Gasteiger partial charge is 0.306 e. The van der Waals surface area contributed by atoms with E-state index < -0.39 is 15.9 Å². The van der Waals surface area contributed by atoms with Gasteiger partial charge in [-0.1, -0.05) is 150 Å². The number of aliphatic hydroxyl groups excluding tert-OH is 1. The van der Waals surface area contributed by atoms with Crippen molar-refractivity contribution in [2.75, 3.05) is 12.3 Å². The van der Waals surface area contributed by atoms with E-state index in [9.17, 15) is 23.1 Å². The Morgan fingerprint density at radius 2 is 1.28 bits per heavy atom. The molecular formula is C49H89NO7S. The minimum Gasteiger partial charge on any atom is -0.462 e. The van der Waals surface area contributed by atoms with Crippen LogP contribution in [0.2, 0.25) is 0 Å². The first-order valence-corrected chi connectivity index (χ1v) is 26.5. The van der Waals surface area contributed by atoms with Gasteiger partial charge in [0.2, 0.25) is 5.91 Å². The number of ether oxygens (including phenoxy) is 1. The molecular weight excluding hydrogens is 747 g/mol. The summed E-state index contributed by atoms with van der Waals surface area (Å²) >= 11 is 0. The number of rotatable bonds is 29. The van der Waals surface area contributed by atoms with Crippen LogP contribution in [0.5, 0.6) is 0 Å². The molecule has 1 amide bonds. The van der Waals surface area contributed by atoms with E-state index in [0.717, 1.165) is 51.4 Å². The van der Waals surface area contributed by atoms with Crippen LogP contribution in [-0.4, -0.2) is 54.5 Å². The van der Waals surface area contributed by atoms with E-state index in [1.54, 1.807) is 0 Å². The second kappa shape index (κ2) is 25.1. The average Bonchev–Trinajstić information content (AvgIpc) is 3.55. The normalized spacial score (nSPS) is 31.2. The van der Waals surface area contributed by atoms with Crippen LogP contribution in [0.4, 0.5) is 0 Å². The first-order valence-electron chi connectivity index (χ1n) is 24.9. The molecule has 4 rings (SSSR count). The third-order valence-corrected chi connectivity index (χ3v) is 17.2. The van der Waals surface area contributed by atoms with Gasteiger partial charge < -0.3 is 15.2 Å². The van der Waals surface area contributed by atoms with Gasteiger partial charge in [-0.2, -0.15) is 8.42 Å². The Bertz CT molecular complexity index is 1310. The van der Waals surface area contributed by atoms with Crippen molar-refractivity contribution < 1.29 is 32.4 Å². The van der Waals surface area contributed by atoms with Crippen molar-refractivity contribution in [3.05, 3.63) is 0 Å². The molecule has 4 saturated carbocycles. The molecule has 0 aliphatic heterocycles. The Labute approximate surface area is 356 Å². The number of carbonyl (C=O) groups excluding carboxylic acids is 2. The number of amides is 1. The van der Waals surface area contributed by atoms with Crippen molar-refractivity contribution in [3.8, 4) is 0 Å². The molecule has 0 saturated heterocycles. The highest BCUT2D eigenvalue weighted by molar-refractivity contribution is 7.85. The van der Waals surface area contributed by atoms with Crippen molar-refractivity contribution in [3.63, 3.8) is 0 Å². The Kier molecular flexibility index (Phi) is 21.4. The van der Waals surface area contributed by atoms with Gasteiger partial charge in [0.1, 0.15) is 6.10 Å². The average molecular weight is 836 g/mol. The zero-order valence-electron chi connectivity index (χ0n) is 37.8. The fraction of sp³-hybridized carbons (Fsp3) is 0.959. The largest absolute Gasteiger partial charge is 0.462 e. The van der Waals surface area contributed by atoms with Crippen LogP contribution < -0.4 is 5.32 Å². The molecule has 4 aliphatic rings. The quantitative estimate of drug-likeness (QED) is 0.0388. The lowest BCUT2D eigenvalue weighted by molar-refractivity contribution is -0.181. The first-order chi connectivity index (χ1) is 27.8. The Morgan fingerprint density at radius 3 is 1.83 bits per heavy atom. The Hall–Kier alpha value is -1.19. The summed E-state index contributed by atoms with van der Waals surface area (Å²) in [7, 11) is -4.10. The molecule has 58 heavy (non-hydrogen) atoms. The lowest BCUT2D eigenvalue weighted by Gasteiger charge is -2.62. The van der Waals surface area contributed by atoms with Gasteiger partial charge in [-0.25, -0.2) is 0 Å². The lowest BCUT2D eigenvalue weighted by atomic mass is 9.43. The standard InChI is InChI=1S/C49H89NO7S/c1-5-6-7-8-9-10-11-12-13-14-15-16-17-18-19-20-21-22-23-24-25-47(53)57-40-32-33-48(3)39(36-40)27-28-41-43-30-29-42(49(43,4)45(51)37-44(41)48)38(2)26-31-46(52)50-34-35-58(54,55)56/h38-45,51H,5-37H2,1-4H3,(H,50,52)(H,54,55,56). The maximum absolute atomic E-state index is 12.9. The van der Waals surface area contributed by atoms with E-state index in [4.69, 9.17) is 9.29 Å². The molecule has 0 bridgehead atoms. The molecule has 10 unspecified atom stereocenters. The second-order valence-corrected chi connectivity index (χ2v) is 22.0. The number of aliphatic hydroxyl groups is 1. The van der Waals surface area contributed by atoms with Crippen LogP contribution in [-0.2, 0) is 24.4 Å². The summed E-state index contributed by atoms with van der Waals surface area (Å²) < 4.78 is 37.1. The Morgan fingerprint density at radius 1 is 0.724 bits per heavy atom. The number of hydrogen-bond donors (Lipinski definition) is 3. The van der Waals surface area contributed by atoms with Gasteiger partial charge in [0.25, 0.3) is 10.1 Å². The minimum absolute atomic E-state index is 0.00439. The van der Waals surface area contributed by atoms with Crippen molar-refractivity contribution in [2.45, 2.75) is 239 Å². The fourth-order valence-electron chi connectivity index (χ4n) is 13.0. The van der Waals surface area contributed by atoms with Crippen LogP contribution >= 0.6 is 0 Å². The van der Waals surface area contributed by atoms with Crippen molar-refractivity contribution in [2.24, 2.45) is 46.3 Å². The third kappa shape index (κ3) is 15.0. The molecule has 0 aromatic heterocycles. The fourth-order valence-corrected chi connectivity index (χ4v) is 13.3. The number of fused-ring (bicyclic) bond motifs is 5. The topological polar surface area (TPSA) is 130 Å². The van der Waals surface area contributed by atoms with E-state index in [0.29, 0.717) is 48.9 Å². The van der Waals surface area contributed by atoms with E-state index >= 15 is 0 Å². The van der Waals surface area contributed by atoms with Gasteiger partial charge in [0.05, 0.1) is 11.9 Å². The molecule has 3 N–H and O–H groups in total. The number of unbranched alkanes of at least 4 members (excludes halogenated alkanes) is 19. The molecule has 0 aromatic carbocycles. The predicted octanol–water partition coefficient (Wildman–Crippen LogP) is 12.2. The highest BCUT2D eigenvalue weighted by Gasteiger charge is 2.63. The van der Waals surface area contributed by atoms with Gasteiger partial charge in [0, 0.05) is 19.4 Å². The van der Waals surface area contributed by atoms with Gasteiger partial charge in [-0.15, -0.1) is 0 Å². The van der Waals surface area contributed by atoms with Gasteiger partial charge >= 0.3 is 5.97 Å². The van der Waals surface area contributed by atoms with Gasteiger partial charge in [-0.05, 0) is 111 Å². The van der Waals surface area contributed by atoms with E-state index in [2.05, 4.69) is 33.0 Å². The molecule has 0 aromatic rings. The molecule has 4 aliphatic carbocycles. The number of carbonyl (C=O) groups is 2. The molecule has 8 nitrogen and oxygen atoms in total. The van der Waals surface area contributed by atoms with Crippen molar-refractivity contribution >= 4 is 22.0 Å². The summed E-state index contributed by atoms with van der Waals surface area (Å²) in [6.45, 7) is 9.23. The molecule has 0 spiro atoms. The monoisotopic (exact) mass is 836 g/mol. The van der Waals surface area contributed by atoms with Gasteiger partial charge in [-0.3, -0.25) is 14.1 Å². The molecule has 0 radical (unpaired) electrons. The molecule has 338 valence electrons. The SMILES string of the molecule is CCCCCCCCCCCCCCCCCCCCCCC(=O)OC1CCC2(C)C(CCC3C2CC(O)C2(C)C(C(C)CCC(=O)NCCS(=O)(=O)O)CCC32)C1. The summed E-state index contributed by atoms with van der Waals surface area (Å²) in [4.78, 5) is 25.3. The predicted molar refractivity (Wildman–Crippen MR) is 237 cm³/mol. The first kappa shape index (κ1) is 49.5. The zero-order chi connectivity index (χ0) is 42.0. The Balaban J connectivity index is 1.05. The maximum atomic E-state index is 12.9. The minimum atomic E-state index is -4.10. The highest BCUT2D eigenvalue weighted by atomic mass is 32.2. The van der Waals surface area contributed by atoms with Crippen LogP contribution in [0.1, 0.15) is 227 Å². The number of hydrogen-bond acceptors (Lipinski definition) is 6. The maximum Gasteiger partial charge on any atom is 0.306 e. The summed E-state index contributed by atoms with van der Waals surface area (Å²) in [6, 6.07) is 0. The number of esters is 1. The van der Waals surface area contributed by atoms with Crippen LogP contribution in [0.3, 0.4) is 0 Å². The second-order valence-electron chi connectivity index (χ2n) is 20.5. The van der Waals surface area contributed by atoms with E-state index in [1.807, 2.05) is 0 Å². The summed E-state index contributed by atoms with van der Waals surface area (Å²) in [5.74, 6) is 2.06. The third-order valence-electron chi connectivity index (χ3n) is 16.5. The summed E-state index contributed by atoms with van der Waals surface area (Å²) in [5, 5.41) is 14.6. The van der Waals surface area contributed by atoms with Crippen LogP contribution in [0.15, 0.2) is 0 Å². The van der Waals surface area contributed by atoms with Crippen molar-refractivity contribution in [1.29, 1.82) is 0 Å².